The van der Waals surface area contributed by atoms with Crippen molar-refractivity contribution in [2.45, 2.75) is 34.1 Å². The molecule has 0 amide bonds. The number of hydrogen-bond donors (Lipinski definition) is 0. The van der Waals surface area contributed by atoms with Gasteiger partial charge in [-0.15, -0.1) is 0 Å². The molecular weight excluding hydrogens is 364 g/mol. The largest absolute Gasteiger partial charge is 0.493 e. The Kier molecular flexibility index (Phi) is 5.11. The standard InChI is InChI=1S/C23H30N4O2/c1-14-9-15(2)13-26(12-14)21-10-16(3)24-23-22(17(4)25-27(21)23)18-7-8-19(28-5)20(11-18)29-6/h7-8,10-11,14-15H,9,12-13H2,1-6H3. The molecule has 154 valence electrons. The third kappa shape index (κ3) is 3.52. The monoisotopic (exact) mass is 394 g/mol. The van der Waals surface area contributed by atoms with Gasteiger partial charge in [0.2, 0.25) is 0 Å². The molecule has 1 aromatic carbocycles. The fourth-order valence-electron chi connectivity index (χ4n) is 4.63. The Morgan fingerprint density at radius 3 is 2.31 bits per heavy atom. The van der Waals surface area contributed by atoms with Gasteiger partial charge < -0.3 is 14.4 Å². The highest BCUT2D eigenvalue weighted by Gasteiger charge is 2.26. The van der Waals surface area contributed by atoms with E-state index in [4.69, 9.17) is 19.6 Å². The zero-order valence-electron chi connectivity index (χ0n) is 18.2. The van der Waals surface area contributed by atoms with Crippen molar-refractivity contribution < 1.29 is 9.47 Å². The minimum absolute atomic E-state index is 0.671. The Bertz CT molecular complexity index is 1030. The normalized spacial score (nSPS) is 19.6. The van der Waals surface area contributed by atoms with E-state index in [0.717, 1.165) is 47.1 Å². The molecule has 29 heavy (non-hydrogen) atoms. The van der Waals surface area contributed by atoms with E-state index in [2.05, 4.69) is 31.7 Å². The first-order chi connectivity index (χ1) is 13.9. The first-order valence-electron chi connectivity index (χ1n) is 10.3. The van der Waals surface area contributed by atoms with E-state index in [1.807, 2.05) is 29.6 Å². The van der Waals surface area contributed by atoms with Crippen LogP contribution in [-0.2, 0) is 0 Å². The zero-order chi connectivity index (χ0) is 20.7. The molecule has 3 aromatic rings. The van der Waals surface area contributed by atoms with E-state index in [0.29, 0.717) is 23.3 Å². The number of anilines is 1. The van der Waals surface area contributed by atoms with Gasteiger partial charge in [0.25, 0.3) is 0 Å². The Morgan fingerprint density at radius 1 is 0.966 bits per heavy atom. The third-order valence-corrected chi connectivity index (χ3v) is 5.74. The van der Waals surface area contributed by atoms with Crippen LogP contribution in [0.25, 0.3) is 16.8 Å². The number of rotatable bonds is 4. The topological polar surface area (TPSA) is 51.9 Å². The average molecular weight is 395 g/mol. The molecule has 0 saturated carbocycles. The van der Waals surface area contributed by atoms with Crippen molar-refractivity contribution in [3.05, 3.63) is 35.7 Å². The molecular formula is C23H30N4O2. The Morgan fingerprint density at radius 2 is 1.66 bits per heavy atom. The molecule has 1 aliphatic rings. The van der Waals surface area contributed by atoms with Crippen LogP contribution in [0.2, 0.25) is 0 Å². The van der Waals surface area contributed by atoms with Crippen molar-refractivity contribution in [1.29, 1.82) is 0 Å². The van der Waals surface area contributed by atoms with Gasteiger partial charge in [-0.3, -0.25) is 0 Å². The van der Waals surface area contributed by atoms with Crippen LogP contribution in [0.1, 0.15) is 31.7 Å². The van der Waals surface area contributed by atoms with E-state index in [1.54, 1.807) is 14.2 Å². The van der Waals surface area contributed by atoms with E-state index in [1.165, 1.54) is 6.42 Å². The molecule has 2 unspecified atom stereocenters. The van der Waals surface area contributed by atoms with Gasteiger partial charge >= 0.3 is 0 Å². The van der Waals surface area contributed by atoms with Gasteiger partial charge in [0, 0.05) is 30.4 Å². The molecule has 1 fully saturated rings. The van der Waals surface area contributed by atoms with Gasteiger partial charge in [0.15, 0.2) is 17.1 Å². The smallest absolute Gasteiger partial charge is 0.165 e. The Balaban J connectivity index is 1.88. The highest BCUT2D eigenvalue weighted by molar-refractivity contribution is 5.82. The SMILES string of the molecule is COc1ccc(-c2c(C)nn3c(N4CC(C)CC(C)C4)cc(C)nc23)cc1OC. The summed E-state index contributed by atoms with van der Waals surface area (Å²) in [4.78, 5) is 7.33. The van der Waals surface area contributed by atoms with Crippen LogP contribution in [0, 0.1) is 25.7 Å². The number of methoxy groups -OCH3 is 2. The number of piperidine rings is 1. The molecule has 1 saturated heterocycles. The zero-order valence-corrected chi connectivity index (χ0v) is 18.2. The lowest BCUT2D eigenvalue weighted by Crippen LogP contribution is -2.39. The van der Waals surface area contributed by atoms with Crippen molar-refractivity contribution in [3.8, 4) is 22.6 Å². The number of aromatic nitrogens is 3. The summed E-state index contributed by atoms with van der Waals surface area (Å²) in [5.41, 5.74) is 4.90. The van der Waals surface area contributed by atoms with Crippen molar-refractivity contribution in [1.82, 2.24) is 14.6 Å². The second-order valence-electron chi connectivity index (χ2n) is 8.37. The molecule has 4 rings (SSSR count). The van der Waals surface area contributed by atoms with Crippen molar-refractivity contribution in [2.24, 2.45) is 11.8 Å². The summed E-state index contributed by atoms with van der Waals surface area (Å²) in [6.07, 6.45) is 1.28. The van der Waals surface area contributed by atoms with Crippen molar-refractivity contribution in [2.75, 3.05) is 32.2 Å². The number of benzene rings is 1. The fraction of sp³-hybridized carbons (Fsp3) is 0.478. The lowest BCUT2D eigenvalue weighted by Gasteiger charge is -2.36. The summed E-state index contributed by atoms with van der Waals surface area (Å²) >= 11 is 0. The third-order valence-electron chi connectivity index (χ3n) is 5.74. The molecule has 0 radical (unpaired) electrons. The maximum Gasteiger partial charge on any atom is 0.165 e. The molecule has 0 bridgehead atoms. The maximum atomic E-state index is 5.51. The van der Waals surface area contributed by atoms with Crippen LogP contribution >= 0.6 is 0 Å². The number of aryl methyl sites for hydroxylation is 2. The first-order valence-corrected chi connectivity index (χ1v) is 10.3. The number of nitrogens with zero attached hydrogens (tertiary/aromatic N) is 4. The van der Waals surface area contributed by atoms with Gasteiger partial charge in [-0.1, -0.05) is 19.9 Å². The van der Waals surface area contributed by atoms with E-state index >= 15 is 0 Å². The van der Waals surface area contributed by atoms with Gasteiger partial charge in [-0.05, 0) is 49.8 Å². The summed E-state index contributed by atoms with van der Waals surface area (Å²) in [5, 5.41) is 4.89. The fourth-order valence-corrected chi connectivity index (χ4v) is 4.63. The number of fused-ring (bicyclic) bond motifs is 1. The molecule has 0 spiro atoms. The second kappa shape index (κ2) is 7.58. The van der Waals surface area contributed by atoms with Crippen LogP contribution < -0.4 is 14.4 Å². The van der Waals surface area contributed by atoms with E-state index in [-0.39, 0.29) is 0 Å². The van der Waals surface area contributed by atoms with Crippen molar-refractivity contribution in [3.63, 3.8) is 0 Å². The highest BCUT2D eigenvalue weighted by atomic mass is 16.5. The van der Waals surface area contributed by atoms with Gasteiger partial charge in [-0.2, -0.15) is 9.61 Å². The van der Waals surface area contributed by atoms with Crippen LogP contribution in [0.5, 0.6) is 11.5 Å². The highest BCUT2D eigenvalue weighted by Crippen LogP contribution is 2.36. The number of hydrogen-bond acceptors (Lipinski definition) is 5. The Labute approximate surface area is 172 Å². The molecule has 6 heteroatoms. The van der Waals surface area contributed by atoms with Crippen LogP contribution in [0.15, 0.2) is 24.3 Å². The molecule has 1 aliphatic heterocycles. The minimum Gasteiger partial charge on any atom is -0.493 e. The molecule has 3 heterocycles. The minimum atomic E-state index is 0.671. The summed E-state index contributed by atoms with van der Waals surface area (Å²) in [6.45, 7) is 10.9. The molecule has 0 aliphatic carbocycles. The predicted octanol–water partition coefficient (Wildman–Crippen LogP) is 4.51. The van der Waals surface area contributed by atoms with Crippen molar-refractivity contribution >= 4 is 11.5 Å². The predicted molar refractivity (Wildman–Crippen MR) is 116 cm³/mol. The average Bonchev–Trinajstić information content (AvgIpc) is 3.01. The second-order valence-corrected chi connectivity index (χ2v) is 8.37. The van der Waals surface area contributed by atoms with Gasteiger partial charge in [0.05, 0.1) is 19.9 Å². The van der Waals surface area contributed by atoms with Crippen LogP contribution in [-0.4, -0.2) is 41.9 Å². The van der Waals surface area contributed by atoms with Gasteiger partial charge in [0.1, 0.15) is 5.82 Å². The molecule has 6 nitrogen and oxygen atoms in total. The number of ether oxygens (including phenoxy) is 2. The first kappa shape index (κ1) is 19.6. The van der Waals surface area contributed by atoms with Crippen LogP contribution in [0.3, 0.4) is 0 Å². The molecule has 0 N–H and O–H groups in total. The van der Waals surface area contributed by atoms with E-state index < -0.39 is 0 Å². The summed E-state index contributed by atoms with van der Waals surface area (Å²) in [6, 6.07) is 8.13. The van der Waals surface area contributed by atoms with Crippen LogP contribution in [0.4, 0.5) is 5.82 Å². The summed E-state index contributed by atoms with van der Waals surface area (Å²) in [5.74, 6) is 3.89. The molecule has 2 atom stereocenters. The molecule has 2 aromatic heterocycles. The quantitative estimate of drug-likeness (QED) is 0.652. The Hall–Kier alpha value is -2.76. The lowest BCUT2D eigenvalue weighted by molar-refractivity contribution is 0.354. The van der Waals surface area contributed by atoms with Gasteiger partial charge in [-0.25, -0.2) is 4.98 Å². The summed E-state index contributed by atoms with van der Waals surface area (Å²) < 4.78 is 12.9. The lowest BCUT2D eigenvalue weighted by atomic mass is 9.92. The summed E-state index contributed by atoms with van der Waals surface area (Å²) in [7, 11) is 3.31. The van der Waals surface area contributed by atoms with E-state index in [9.17, 15) is 0 Å². The maximum absolute atomic E-state index is 5.51.